The van der Waals surface area contributed by atoms with Gasteiger partial charge < -0.3 is 14.8 Å². The first kappa shape index (κ1) is 20.5. The Morgan fingerprint density at radius 1 is 0.969 bits per heavy atom. The number of carbonyl (C=O) groups excluding carboxylic acids is 2. The Labute approximate surface area is 193 Å². The summed E-state index contributed by atoms with van der Waals surface area (Å²) >= 11 is 3.42. The van der Waals surface area contributed by atoms with Gasteiger partial charge in [-0.3, -0.25) is 9.59 Å². The minimum Gasteiger partial charge on any atom is -0.361 e. The lowest BCUT2D eigenvalue weighted by molar-refractivity contribution is -0.131. The van der Waals surface area contributed by atoms with Crippen LogP contribution < -0.4 is 0 Å². The third-order valence-electron chi connectivity index (χ3n) is 5.86. The van der Waals surface area contributed by atoms with E-state index in [1.165, 1.54) is 0 Å². The number of nitrogens with zero attached hydrogens (tertiary/aromatic N) is 4. The smallest absolute Gasteiger partial charge is 0.257 e. The molecule has 162 valence electrons. The van der Waals surface area contributed by atoms with E-state index in [2.05, 4.69) is 26.0 Å². The van der Waals surface area contributed by atoms with Crippen molar-refractivity contribution in [2.75, 3.05) is 26.2 Å². The van der Waals surface area contributed by atoms with Crippen molar-refractivity contribution < 1.29 is 9.59 Å². The molecule has 0 saturated carbocycles. The van der Waals surface area contributed by atoms with E-state index in [1.807, 2.05) is 59.6 Å². The van der Waals surface area contributed by atoms with Gasteiger partial charge in [0.25, 0.3) is 5.91 Å². The predicted molar refractivity (Wildman–Crippen MR) is 126 cm³/mol. The van der Waals surface area contributed by atoms with E-state index >= 15 is 0 Å². The average molecular weight is 492 g/mol. The van der Waals surface area contributed by atoms with Gasteiger partial charge in [-0.1, -0.05) is 34.1 Å². The zero-order valence-corrected chi connectivity index (χ0v) is 19.0. The predicted octanol–water partition coefficient (Wildman–Crippen LogP) is 3.64. The van der Waals surface area contributed by atoms with Crippen molar-refractivity contribution in [3.8, 4) is 5.69 Å². The van der Waals surface area contributed by atoms with Crippen molar-refractivity contribution in [3.05, 3.63) is 82.7 Å². The molecule has 0 bridgehead atoms. The van der Waals surface area contributed by atoms with Gasteiger partial charge in [0, 0.05) is 53.9 Å². The van der Waals surface area contributed by atoms with Crippen LogP contribution in [0.15, 0.2) is 71.6 Å². The van der Waals surface area contributed by atoms with Crippen LogP contribution in [0.4, 0.5) is 0 Å². The molecule has 0 radical (unpaired) electrons. The van der Waals surface area contributed by atoms with Crippen molar-refractivity contribution in [1.29, 1.82) is 0 Å². The fraction of sp³-hybridized carbons (Fsp3) is 0.208. The Bertz CT molecular complexity index is 1270. The van der Waals surface area contributed by atoms with Gasteiger partial charge in [-0.25, -0.2) is 4.68 Å². The molecule has 1 N–H and O–H groups in total. The van der Waals surface area contributed by atoms with E-state index in [0.29, 0.717) is 38.2 Å². The number of H-pyrrole nitrogens is 1. The summed E-state index contributed by atoms with van der Waals surface area (Å²) in [5, 5.41) is 5.41. The highest BCUT2D eigenvalue weighted by atomic mass is 79.9. The Kier molecular flexibility index (Phi) is 5.53. The molecule has 2 aromatic carbocycles. The second-order valence-electron chi connectivity index (χ2n) is 7.86. The topological polar surface area (TPSA) is 74.2 Å². The first-order chi connectivity index (χ1) is 15.6. The summed E-state index contributed by atoms with van der Waals surface area (Å²) in [7, 11) is 0. The van der Waals surface area contributed by atoms with Crippen LogP contribution in [-0.2, 0) is 11.2 Å². The lowest BCUT2D eigenvalue weighted by atomic mass is 10.1. The van der Waals surface area contributed by atoms with Crippen molar-refractivity contribution in [1.82, 2.24) is 24.6 Å². The van der Waals surface area contributed by atoms with Gasteiger partial charge in [-0.15, -0.1) is 0 Å². The van der Waals surface area contributed by atoms with Crippen LogP contribution >= 0.6 is 15.9 Å². The third kappa shape index (κ3) is 4.05. The lowest BCUT2D eigenvalue weighted by Gasteiger charge is -2.34. The van der Waals surface area contributed by atoms with Gasteiger partial charge in [0.15, 0.2) is 0 Å². The molecule has 1 aliphatic rings. The number of halogens is 1. The van der Waals surface area contributed by atoms with E-state index in [0.717, 1.165) is 26.6 Å². The van der Waals surface area contributed by atoms with Crippen LogP contribution in [0.1, 0.15) is 15.9 Å². The molecule has 0 atom stereocenters. The number of fused-ring (bicyclic) bond motifs is 1. The van der Waals surface area contributed by atoms with Crippen LogP contribution in [0.25, 0.3) is 16.6 Å². The number of para-hydroxylation sites is 1. The molecule has 1 fully saturated rings. The monoisotopic (exact) mass is 491 g/mol. The summed E-state index contributed by atoms with van der Waals surface area (Å²) in [6.45, 7) is 2.10. The molecule has 7 nitrogen and oxygen atoms in total. The van der Waals surface area contributed by atoms with Gasteiger partial charge in [0.2, 0.25) is 5.91 Å². The highest BCUT2D eigenvalue weighted by molar-refractivity contribution is 9.10. The molecular formula is C24H22BrN5O2. The van der Waals surface area contributed by atoms with Crippen molar-refractivity contribution in [2.45, 2.75) is 6.42 Å². The second-order valence-corrected chi connectivity index (χ2v) is 8.77. The van der Waals surface area contributed by atoms with Crippen LogP contribution in [-0.4, -0.2) is 62.6 Å². The van der Waals surface area contributed by atoms with E-state index in [9.17, 15) is 9.59 Å². The summed E-state index contributed by atoms with van der Waals surface area (Å²) in [5.74, 6) is 0.0296. The minimum atomic E-state index is -0.0583. The van der Waals surface area contributed by atoms with Crippen LogP contribution in [0.5, 0.6) is 0 Å². The number of aromatic nitrogens is 3. The average Bonchev–Trinajstić information content (AvgIpc) is 3.47. The molecule has 3 heterocycles. The lowest BCUT2D eigenvalue weighted by Crippen LogP contribution is -2.50. The molecule has 2 aromatic heterocycles. The van der Waals surface area contributed by atoms with E-state index in [4.69, 9.17) is 0 Å². The quantitative estimate of drug-likeness (QED) is 0.473. The molecule has 4 aromatic rings. The molecule has 32 heavy (non-hydrogen) atoms. The normalized spacial score (nSPS) is 14.2. The zero-order chi connectivity index (χ0) is 22.1. The van der Waals surface area contributed by atoms with Crippen LogP contribution in [0.2, 0.25) is 0 Å². The Morgan fingerprint density at radius 3 is 2.47 bits per heavy atom. The molecule has 1 aliphatic heterocycles. The number of hydrogen-bond donors (Lipinski definition) is 1. The maximum absolute atomic E-state index is 12.9. The molecule has 0 spiro atoms. The summed E-state index contributed by atoms with van der Waals surface area (Å²) in [6.07, 6.45) is 5.61. The first-order valence-electron chi connectivity index (χ1n) is 10.5. The number of piperazine rings is 1. The highest BCUT2D eigenvalue weighted by Gasteiger charge is 2.26. The Hall–Kier alpha value is -3.39. The third-order valence-corrected chi connectivity index (χ3v) is 6.39. The van der Waals surface area contributed by atoms with Crippen LogP contribution in [0, 0.1) is 0 Å². The van der Waals surface area contributed by atoms with Gasteiger partial charge in [-0.05, 0) is 35.9 Å². The summed E-state index contributed by atoms with van der Waals surface area (Å²) in [4.78, 5) is 32.6. The Morgan fingerprint density at radius 2 is 1.69 bits per heavy atom. The molecule has 0 aliphatic carbocycles. The maximum Gasteiger partial charge on any atom is 0.257 e. The second kappa shape index (κ2) is 8.63. The standard InChI is InChI=1S/C24H22BrN5O2/c25-19-5-7-20(8-6-19)30-16-18(15-27-30)24(32)29-11-9-28(10-12-29)23(31)13-17-14-26-22-4-2-1-3-21(17)22/h1-8,14-16,26H,9-13H2. The Balaban J connectivity index is 1.19. The number of nitrogens with one attached hydrogen (secondary N) is 1. The number of aromatic amines is 1. The summed E-state index contributed by atoms with van der Waals surface area (Å²) in [6, 6.07) is 15.7. The van der Waals surface area contributed by atoms with Crippen molar-refractivity contribution in [2.24, 2.45) is 0 Å². The van der Waals surface area contributed by atoms with E-state index < -0.39 is 0 Å². The molecular weight excluding hydrogens is 470 g/mol. The first-order valence-corrected chi connectivity index (χ1v) is 11.3. The van der Waals surface area contributed by atoms with Gasteiger partial charge in [0.1, 0.15) is 0 Å². The van der Waals surface area contributed by atoms with E-state index in [1.54, 1.807) is 22.0 Å². The number of amides is 2. The fourth-order valence-corrected chi connectivity index (χ4v) is 4.33. The molecule has 0 unspecified atom stereocenters. The summed E-state index contributed by atoms with van der Waals surface area (Å²) < 4.78 is 2.68. The van der Waals surface area contributed by atoms with Gasteiger partial charge in [0.05, 0.1) is 23.9 Å². The van der Waals surface area contributed by atoms with E-state index in [-0.39, 0.29) is 11.8 Å². The minimum absolute atomic E-state index is 0.0583. The maximum atomic E-state index is 12.9. The summed E-state index contributed by atoms with van der Waals surface area (Å²) in [5.41, 5.74) is 3.48. The van der Waals surface area contributed by atoms with Gasteiger partial charge in [-0.2, -0.15) is 5.10 Å². The number of benzene rings is 2. The van der Waals surface area contributed by atoms with Crippen LogP contribution in [0.3, 0.4) is 0 Å². The van der Waals surface area contributed by atoms with Crippen molar-refractivity contribution >= 4 is 38.6 Å². The molecule has 8 heteroatoms. The molecule has 2 amide bonds. The SMILES string of the molecule is O=C(Cc1c[nH]c2ccccc12)N1CCN(C(=O)c2cnn(-c3ccc(Br)cc3)c2)CC1. The largest absolute Gasteiger partial charge is 0.361 e. The molecule has 1 saturated heterocycles. The number of carbonyl (C=O) groups is 2. The van der Waals surface area contributed by atoms with Crippen molar-refractivity contribution in [3.63, 3.8) is 0 Å². The fourth-order valence-electron chi connectivity index (χ4n) is 4.06. The zero-order valence-electron chi connectivity index (χ0n) is 17.4. The highest BCUT2D eigenvalue weighted by Crippen LogP contribution is 2.20. The molecule has 5 rings (SSSR count). The number of rotatable bonds is 4. The van der Waals surface area contributed by atoms with Gasteiger partial charge >= 0.3 is 0 Å². The number of hydrogen-bond acceptors (Lipinski definition) is 3.